The summed E-state index contributed by atoms with van der Waals surface area (Å²) < 4.78 is 5.12. The van der Waals surface area contributed by atoms with Crippen LogP contribution in [0.25, 0.3) is 0 Å². The Morgan fingerprint density at radius 2 is 2.06 bits per heavy atom. The molecular weight excluding hydrogens is 252 g/mol. The molecule has 0 spiro atoms. The molecule has 0 radical (unpaired) electrons. The van der Waals surface area contributed by atoms with E-state index in [-0.39, 0.29) is 12.6 Å². The van der Waals surface area contributed by atoms with Gasteiger partial charge in [0.2, 0.25) is 0 Å². The molecule has 1 aromatic rings. The van der Waals surface area contributed by atoms with Gasteiger partial charge in [0.15, 0.2) is 0 Å². The molecule has 0 aliphatic carbocycles. The van der Waals surface area contributed by atoms with Gasteiger partial charge in [0.05, 0.1) is 0 Å². The summed E-state index contributed by atoms with van der Waals surface area (Å²) in [6.45, 7) is 5.69. The van der Waals surface area contributed by atoms with Crippen LogP contribution in [0.1, 0.15) is 32.4 Å². The van der Waals surface area contributed by atoms with Crippen LogP contribution in [0, 0.1) is 0 Å². The van der Waals surface area contributed by atoms with Crippen LogP contribution >= 0.6 is 11.6 Å². The first-order valence-electron chi connectivity index (χ1n) is 5.76. The average Bonchev–Trinajstić information content (AvgIpc) is 2.24. The Balaban J connectivity index is 2.49. The maximum Gasteiger partial charge on any atom is 0.407 e. The topological polar surface area (TPSA) is 64.3 Å². The van der Waals surface area contributed by atoms with E-state index in [1.807, 2.05) is 18.2 Å². The number of carbonyl (C=O) groups is 1. The van der Waals surface area contributed by atoms with Gasteiger partial charge in [-0.15, -0.1) is 0 Å². The van der Waals surface area contributed by atoms with Crippen molar-refractivity contribution in [3.05, 3.63) is 34.9 Å². The zero-order valence-corrected chi connectivity index (χ0v) is 11.6. The third-order valence-corrected chi connectivity index (χ3v) is 2.51. The summed E-state index contributed by atoms with van der Waals surface area (Å²) in [4.78, 5) is 11.5. The van der Waals surface area contributed by atoms with Crippen molar-refractivity contribution in [1.82, 2.24) is 5.32 Å². The highest BCUT2D eigenvalue weighted by Gasteiger charge is 2.17. The fraction of sp³-hybridized carbons (Fsp3) is 0.462. The summed E-state index contributed by atoms with van der Waals surface area (Å²) in [5.74, 6) is 0. The van der Waals surface area contributed by atoms with Crippen LogP contribution < -0.4 is 11.1 Å². The highest BCUT2D eigenvalue weighted by Crippen LogP contribution is 2.20. The molecule has 0 bridgehead atoms. The molecule has 18 heavy (non-hydrogen) atoms. The fourth-order valence-corrected chi connectivity index (χ4v) is 1.67. The van der Waals surface area contributed by atoms with Gasteiger partial charge in [-0.1, -0.05) is 29.8 Å². The second-order valence-electron chi connectivity index (χ2n) is 5.01. The Kier molecular flexibility index (Phi) is 4.99. The molecule has 4 nitrogen and oxygen atoms in total. The molecule has 0 aliphatic rings. The van der Waals surface area contributed by atoms with Gasteiger partial charge in [0.1, 0.15) is 5.60 Å². The van der Waals surface area contributed by atoms with Crippen LogP contribution in [0.2, 0.25) is 5.02 Å². The number of benzene rings is 1. The molecule has 0 fully saturated rings. The number of nitrogens with one attached hydrogen (secondary N) is 1. The zero-order chi connectivity index (χ0) is 13.8. The van der Waals surface area contributed by atoms with Crippen molar-refractivity contribution in [2.75, 3.05) is 6.54 Å². The second kappa shape index (κ2) is 6.07. The van der Waals surface area contributed by atoms with E-state index in [1.165, 1.54) is 0 Å². The smallest absolute Gasteiger partial charge is 0.407 e. The number of halogens is 1. The zero-order valence-electron chi connectivity index (χ0n) is 10.9. The van der Waals surface area contributed by atoms with E-state index in [4.69, 9.17) is 22.1 Å². The number of carbonyl (C=O) groups excluding carboxylic acids is 1. The molecule has 5 heteroatoms. The molecule has 1 aromatic carbocycles. The normalized spacial score (nSPS) is 12.9. The van der Waals surface area contributed by atoms with Crippen molar-refractivity contribution in [3.8, 4) is 0 Å². The number of amides is 1. The molecular formula is C13H19ClN2O2. The largest absolute Gasteiger partial charge is 0.444 e. The molecule has 3 N–H and O–H groups in total. The summed E-state index contributed by atoms with van der Waals surface area (Å²) >= 11 is 6.02. The lowest BCUT2D eigenvalue weighted by atomic mass is 10.1. The fourth-order valence-electron chi connectivity index (χ4n) is 1.39. The molecule has 0 aliphatic heterocycles. The van der Waals surface area contributed by atoms with E-state index >= 15 is 0 Å². The molecule has 0 saturated carbocycles. The van der Waals surface area contributed by atoms with Crippen LogP contribution in [-0.2, 0) is 4.74 Å². The van der Waals surface area contributed by atoms with Crippen molar-refractivity contribution in [2.45, 2.75) is 32.4 Å². The van der Waals surface area contributed by atoms with Crippen LogP contribution in [0.3, 0.4) is 0 Å². The van der Waals surface area contributed by atoms with Crippen LogP contribution in [0.15, 0.2) is 24.3 Å². The van der Waals surface area contributed by atoms with Crippen molar-refractivity contribution >= 4 is 17.7 Å². The van der Waals surface area contributed by atoms with Crippen LogP contribution in [0.5, 0.6) is 0 Å². The first kappa shape index (κ1) is 14.8. The Hall–Kier alpha value is -1.26. The maximum atomic E-state index is 11.5. The van der Waals surface area contributed by atoms with Gasteiger partial charge in [0, 0.05) is 17.6 Å². The SMILES string of the molecule is CC(C)(C)OC(=O)NC[C@H](N)c1ccccc1Cl. The molecule has 0 heterocycles. The molecule has 1 atom stereocenters. The lowest BCUT2D eigenvalue weighted by molar-refractivity contribution is 0.0524. The van der Waals surface area contributed by atoms with E-state index in [0.717, 1.165) is 5.56 Å². The lowest BCUT2D eigenvalue weighted by Gasteiger charge is -2.21. The Bertz CT molecular complexity index is 416. The predicted octanol–water partition coefficient (Wildman–Crippen LogP) is 2.86. The van der Waals surface area contributed by atoms with Gasteiger partial charge in [0.25, 0.3) is 0 Å². The predicted molar refractivity (Wildman–Crippen MR) is 72.6 cm³/mol. The van der Waals surface area contributed by atoms with E-state index < -0.39 is 11.7 Å². The standard InChI is InChI=1S/C13H19ClN2O2/c1-13(2,3)18-12(17)16-8-11(15)9-6-4-5-7-10(9)14/h4-7,11H,8,15H2,1-3H3,(H,16,17)/t11-/m0/s1. The quantitative estimate of drug-likeness (QED) is 0.888. The van der Waals surface area contributed by atoms with Gasteiger partial charge in [-0.3, -0.25) is 0 Å². The first-order valence-corrected chi connectivity index (χ1v) is 6.14. The van der Waals surface area contributed by atoms with E-state index in [0.29, 0.717) is 5.02 Å². The summed E-state index contributed by atoms with van der Waals surface area (Å²) in [5, 5.41) is 3.21. The summed E-state index contributed by atoms with van der Waals surface area (Å²) in [6.07, 6.45) is -0.481. The monoisotopic (exact) mass is 270 g/mol. The number of hydrogen-bond donors (Lipinski definition) is 2. The Morgan fingerprint density at radius 1 is 1.44 bits per heavy atom. The van der Waals surface area contributed by atoms with Gasteiger partial charge in [-0.25, -0.2) is 4.79 Å². The van der Waals surface area contributed by atoms with Gasteiger partial charge in [-0.05, 0) is 32.4 Å². The van der Waals surface area contributed by atoms with Crippen LogP contribution in [-0.4, -0.2) is 18.2 Å². The summed E-state index contributed by atoms with van der Waals surface area (Å²) in [7, 11) is 0. The highest BCUT2D eigenvalue weighted by molar-refractivity contribution is 6.31. The van der Waals surface area contributed by atoms with Gasteiger partial charge < -0.3 is 15.8 Å². The molecule has 100 valence electrons. The molecule has 0 unspecified atom stereocenters. The number of hydrogen-bond acceptors (Lipinski definition) is 3. The van der Waals surface area contributed by atoms with Crippen molar-refractivity contribution in [1.29, 1.82) is 0 Å². The minimum absolute atomic E-state index is 0.276. The number of ether oxygens (including phenoxy) is 1. The number of alkyl carbamates (subject to hydrolysis) is 1. The van der Waals surface area contributed by atoms with E-state index in [2.05, 4.69) is 5.32 Å². The third-order valence-electron chi connectivity index (χ3n) is 2.17. The van der Waals surface area contributed by atoms with Crippen molar-refractivity contribution in [2.24, 2.45) is 5.73 Å². The first-order chi connectivity index (χ1) is 8.29. The average molecular weight is 271 g/mol. The van der Waals surface area contributed by atoms with Crippen LogP contribution in [0.4, 0.5) is 4.79 Å². The van der Waals surface area contributed by atoms with Crippen molar-refractivity contribution < 1.29 is 9.53 Å². The minimum Gasteiger partial charge on any atom is -0.444 e. The van der Waals surface area contributed by atoms with E-state index in [1.54, 1.807) is 26.8 Å². The van der Waals surface area contributed by atoms with Crippen molar-refractivity contribution in [3.63, 3.8) is 0 Å². The van der Waals surface area contributed by atoms with Gasteiger partial charge in [-0.2, -0.15) is 0 Å². The maximum absolute atomic E-state index is 11.5. The van der Waals surface area contributed by atoms with E-state index in [9.17, 15) is 4.79 Å². The Labute approximate surface area is 112 Å². The highest BCUT2D eigenvalue weighted by atomic mass is 35.5. The summed E-state index contributed by atoms with van der Waals surface area (Å²) in [6, 6.07) is 6.94. The third kappa shape index (κ3) is 4.94. The van der Waals surface area contributed by atoms with Gasteiger partial charge >= 0.3 is 6.09 Å². The minimum atomic E-state index is -0.515. The second-order valence-corrected chi connectivity index (χ2v) is 5.42. The Morgan fingerprint density at radius 3 is 2.61 bits per heavy atom. The number of nitrogens with two attached hydrogens (primary N) is 1. The molecule has 1 amide bonds. The summed E-state index contributed by atoms with van der Waals surface area (Å²) in [5.41, 5.74) is 6.24. The lowest BCUT2D eigenvalue weighted by Crippen LogP contribution is -2.36. The number of rotatable bonds is 3. The molecule has 0 saturated heterocycles. The molecule has 0 aromatic heterocycles. The molecule has 1 rings (SSSR count).